The fourth-order valence-electron chi connectivity index (χ4n) is 2.26. The second-order valence-corrected chi connectivity index (χ2v) is 6.10. The standard InChI is InChI=1S/C17H20N2O6S/c1-4-25-14(20)10-26-17-18-13-9-11(16(22)24-3)5-6-12(13)15(21)19(17)7-8-23-2/h5-6,9H,4,7-8,10H2,1-3H3. The molecule has 1 heterocycles. The van der Waals surface area contributed by atoms with Crippen molar-refractivity contribution in [3.8, 4) is 0 Å². The molecule has 8 nitrogen and oxygen atoms in total. The number of carbonyl (C=O) groups excluding carboxylic acids is 2. The van der Waals surface area contributed by atoms with E-state index in [0.717, 1.165) is 11.8 Å². The third-order valence-corrected chi connectivity index (χ3v) is 4.43. The molecule has 0 amide bonds. The summed E-state index contributed by atoms with van der Waals surface area (Å²) < 4.78 is 16.1. The summed E-state index contributed by atoms with van der Waals surface area (Å²) in [4.78, 5) is 40.6. The van der Waals surface area contributed by atoms with Gasteiger partial charge in [-0.05, 0) is 25.1 Å². The summed E-state index contributed by atoms with van der Waals surface area (Å²) in [5.41, 5.74) is 0.385. The molecular formula is C17H20N2O6S. The molecule has 2 rings (SSSR count). The Hall–Kier alpha value is -2.39. The maximum atomic E-state index is 12.8. The summed E-state index contributed by atoms with van der Waals surface area (Å²) in [5, 5.41) is 0.726. The van der Waals surface area contributed by atoms with Crippen LogP contribution in [-0.2, 0) is 25.5 Å². The molecule has 2 aromatic rings. The van der Waals surface area contributed by atoms with Gasteiger partial charge in [0, 0.05) is 7.11 Å². The Labute approximate surface area is 154 Å². The first-order chi connectivity index (χ1) is 12.5. The summed E-state index contributed by atoms with van der Waals surface area (Å²) >= 11 is 1.10. The van der Waals surface area contributed by atoms with Crippen LogP contribution >= 0.6 is 11.8 Å². The van der Waals surface area contributed by atoms with E-state index in [0.29, 0.717) is 34.8 Å². The van der Waals surface area contributed by atoms with Crippen LogP contribution < -0.4 is 5.56 Å². The van der Waals surface area contributed by atoms with E-state index in [4.69, 9.17) is 14.2 Å². The molecule has 0 aliphatic rings. The SMILES string of the molecule is CCOC(=O)CSc1nc2cc(C(=O)OC)ccc2c(=O)n1CCOC. The summed E-state index contributed by atoms with van der Waals surface area (Å²) in [7, 11) is 2.82. The van der Waals surface area contributed by atoms with Gasteiger partial charge in [-0.2, -0.15) is 0 Å². The first-order valence-electron chi connectivity index (χ1n) is 7.92. The fraction of sp³-hybridized carbons (Fsp3) is 0.412. The fourth-order valence-corrected chi connectivity index (χ4v) is 3.08. The van der Waals surface area contributed by atoms with E-state index in [1.54, 1.807) is 13.0 Å². The first-order valence-corrected chi connectivity index (χ1v) is 8.90. The van der Waals surface area contributed by atoms with Crippen molar-refractivity contribution in [2.24, 2.45) is 0 Å². The summed E-state index contributed by atoms with van der Waals surface area (Å²) in [6.07, 6.45) is 0. The van der Waals surface area contributed by atoms with Crippen molar-refractivity contribution >= 4 is 34.6 Å². The molecule has 0 aliphatic heterocycles. The van der Waals surface area contributed by atoms with Crippen molar-refractivity contribution in [2.75, 3.05) is 33.2 Å². The van der Waals surface area contributed by atoms with Gasteiger partial charge < -0.3 is 14.2 Å². The van der Waals surface area contributed by atoms with E-state index in [1.165, 1.54) is 30.9 Å². The lowest BCUT2D eigenvalue weighted by molar-refractivity contribution is -0.139. The maximum Gasteiger partial charge on any atom is 0.337 e. The number of methoxy groups -OCH3 is 2. The molecule has 0 saturated heterocycles. The van der Waals surface area contributed by atoms with Gasteiger partial charge in [0.05, 0.1) is 49.1 Å². The van der Waals surface area contributed by atoms with Crippen molar-refractivity contribution < 1.29 is 23.8 Å². The van der Waals surface area contributed by atoms with Crippen molar-refractivity contribution in [1.82, 2.24) is 9.55 Å². The van der Waals surface area contributed by atoms with Crippen molar-refractivity contribution in [3.05, 3.63) is 34.1 Å². The minimum Gasteiger partial charge on any atom is -0.465 e. The number of carbonyl (C=O) groups is 2. The highest BCUT2D eigenvalue weighted by atomic mass is 32.2. The second kappa shape index (κ2) is 9.35. The van der Waals surface area contributed by atoms with Gasteiger partial charge in [0.1, 0.15) is 0 Å². The van der Waals surface area contributed by atoms with Gasteiger partial charge in [-0.25, -0.2) is 9.78 Å². The molecule has 0 fully saturated rings. The molecule has 0 radical (unpaired) electrons. The van der Waals surface area contributed by atoms with Gasteiger partial charge in [-0.15, -0.1) is 0 Å². The molecule has 0 spiro atoms. The molecular weight excluding hydrogens is 360 g/mol. The number of fused-ring (bicyclic) bond motifs is 1. The van der Waals surface area contributed by atoms with Crippen LogP contribution in [0.5, 0.6) is 0 Å². The Balaban J connectivity index is 2.48. The van der Waals surface area contributed by atoms with E-state index in [1.807, 2.05) is 0 Å². The molecule has 1 aromatic carbocycles. The Morgan fingerprint density at radius 3 is 2.69 bits per heavy atom. The number of esters is 2. The van der Waals surface area contributed by atoms with Crippen LogP contribution in [-0.4, -0.2) is 54.7 Å². The number of rotatable bonds is 8. The van der Waals surface area contributed by atoms with E-state index in [9.17, 15) is 14.4 Å². The van der Waals surface area contributed by atoms with Crippen LogP contribution in [0.15, 0.2) is 28.2 Å². The van der Waals surface area contributed by atoms with Crippen LogP contribution in [0.3, 0.4) is 0 Å². The van der Waals surface area contributed by atoms with Crippen molar-refractivity contribution in [2.45, 2.75) is 18.6 Å². The van der Waals surface area contributed by atoms with Gasteiger partial charge >= 0.3 is 11.9 Å². The van der Waals surface area contributed by atoms with Gasteiger partial charge in [0.2, 0.25) is 0 Å². The van der Waals surface area contributed by atoms with Gasteiger partial charge in [0.15, 0.2) is 5.16 Å². The highest BCUT2D eigenvalue weighted by molar-refractivity contribution is 7.99. The lowest BCUT2D eigenvalue weighted by Gasteiger charge is -2.13. The molecule has 1 aromatic heterocycles. The van der Waals surface area contributed by atoms with Crippen molar-refractivity contribution in [1.29, 1.82) is 0 Å². The normalized spacial score (nSPS) is 10.7. The van der Waals surface area contributed by atoms with E-state index >= 15 is 0 Å². The molecule has 0 aliphatic carbocycles. The van der Waals surface area contributed by atoms with Crippen LogP contribution in [0, 0.1) is 0 Å². The molecule has 0 unspecified atom stereocenters. The molecule has 0 bridgehead atoms. The number of benzene rings is 1. The highest BCUT2D eigenvalue weighted by Gasteiger charge is 2.15. The molecule has 0 saturated carbocycles. The first kappa shape index (κ1) is 19.9. The third kappa shape index (κ3) is 4.61. The molecule has 0 atom stereocenters. The average molecular weight is 380 g/mol. The van der Waals surface area contributed by atoms with Gasteiger partial charge in [-0.3, -0.25) is 14.2 Å². The zero-order chi connectivity index (χ0) is 19.1. The Morgan fingerprint density at radius 1 is 1.27 bits per heavy atom. The third-order valence-electron chi connectivity index (χ3n) is 3.48. The number of aromatic nitrogens is 2. The van der Waals surface area contributed by atoms with Crippen LogP contribution in [0.1, 0.15) is 17.3 Å². The largest absolute Gasteiger partial charge is 0.465 e. The number of nitrogens with zero attached hydrogens (tertiary/aromatic N) is 2. The Kier molecular flexibility index (Phi) is 7.16. The zero-order valence-corrected chi connectivity index (χ0v) is 15.6. The van der Waals surface area contributed by atoms with Crippen LogP contribution in [0.4, 0.5) is 0 Å². The Morgan fingerprint density at radius 2 is 2.04 bits per heavy atom. The molecule has 26 heavy (non-hydrogen) atoms. The topological polar surface area (TPSA) is 96.7 Å². The van der Waals surface area contributed by atoms with Gasteiger partial charge in [0.25, 0.3) is 5.56 Å². The van der Waals surface area contributed by atoms with Crippen LogP contribution in [0.25, 0.3) is 10.9 Å². The number of hydrogen-bond donors (Lipinski definition) is 0. The summed E-state index contributed by atoms with van der Waals surface area (Å²) in [6, 6.07) is 4.56. The lowest BCUT2D eigenvalue weighted by Crippen LogP contribution is -2.26. The molecule has 0 N–H and O–H groups in total. The van der Waals surface area contributed by atoms with E-state index in [2.05, 4.69) is 4.98 Å². The monoisotopic (exact) mass is 380 g/mol. The number of ether oxygens (including phenoxy) is 3. The minimum atomic E-state index is -0.516. The van der Waals surface area contributed by atoms with E-state index < -0.39 is 11.9 Å². The maximum absolute atomic E-state index is 12.8. The predicted octanol–water partition coefficient (Wildman–Crippen LogP) is 1.48. The predicted molar refractivity (Wildman–Crippen MR) is 96.6 cm³/mol. The van der Waals surface area contributed by atoms with Gasteiger partial charge in [-0.1, -0.05) is 11.8 Å². The summed E-state index contributed by atoms with van der Waals surface area (Å²) in [5.74, 6) is -0.887. The Bertz CT molecular complexity index is 864. The number of hydrogen-bond acceptors (Lipinski definition) is 8. The zero-order valence-electron chi connectivity index (χ0n) is 14.8. The number of thioether (sulfide) groups is 1. The van der Waals surface area contributed by atoms with Crippen LogP contribution in [0.2, 0.25) is 0 Å². The smallest absolute Gasteiger partial charge is 0.337 e. The molecule has 140 valence electrons. The van der Waals surface area contributed by atoms with E-state index in [-0.39, 0.29) is 17.9 Å². The minimum absolute atomic E-state index is 0.0233. The second-order valence-electron chi connectivity index (χ2n) is 5.16. The lowest BCUT2D eigenvalue weighted by atomic mass is 10.1. The van der Waals surface area contributed by atoms with Crippen molar-refractivity contribution in [3.63, 3.8) is 0 Å². The highest BCUT2D eigenvalue weighted by Crippen LogP contribution is 2.19. The average Bonchev–Trinajstić information content (AvgIpc) is 2.65. The molecule has 9 heteroatoms. The summed E-state index contributed by atoms with van der Waals surface area (Å²) in [6.45, 7) is 2.62. The quantitative estimate of drug-likeness (QED) is 0.386.